The van der Waals surface area contributed by atoms with Gasteiger partial charge in [-0.2, -0.15) is 5.26 Å². The molecule has 0 aliphatic carbocycles. The zero-order valence-electron chi connectivity index (χ0n) is 5.22. The largest absolute Gasteiger partial charge is 0.185 e. The molecule has 0 atom stereocenters. The third-order valence-corrected chi connectivity index (χ3v) is 2.33. The first kappa shape index (κ1) is 9.06. The summed E-state index contributed by atoms with van der Waals surface area (Å²) in [5, 5.41) is 10.3. The number of thiocyanates is 1. The smallest absolute Gasteiger partial charge is 0.138 e. The molecule has 9 heavy (non-hydrogen) atoms. The van der Waals surface area contributed by atoms with E-state index in [9.17, 15) is 0 Å². The highest BCUT2D eigenvalue weighted by atomic mass is 79.9. The van der Waals surface area contributed by atoms with Crippen LogP contribution >= 0.6 is 27.7 Å². The third kappa shape index (κ3) is 4.56. The second-order valence-corrected chi connectivity index (χ2v) is 2.89. The van der Waals surface area contributed by atoms with Crippen molar-refractivity contribution in [1.29, 1.82) is 5.26 Å². The maximum atomic E-state index is 8.25. The van der Waals surface area contributed by atoms with Crippen molar-refractivity contribution in [3.05, 3.63) is 9.89 Å². The molecule has 0 saturated heterocycles. The number of rotatable bonds is 3. The molecule has 0 radical (unpaired) electrons. The van der Waals surface area contributed by atoms with Crippen molar-refractivity contribution in [2.24, 2.45) is 0 Å². The van der Waals surface area contributed by atoms with Gasteiger partial charge in [-0.1, -0.05) is 29.3 Å². The molecule has 0 aromatic carbocycles. The van der Waals surface area contributed by atoms with E-state index in [1.54, 1.807) is 0 Å². The van der Waals surface area contributed by atoms with E-state index >= 15 is 0 Å². The van der Waals surface area contributed by atoms with Crippen molar-refractivity contribution in [2.45, 2.75) is 19.8 Å². The van der Waals surface area contributed by atoms with Crippen LogP contribution in [0.1, 0.15) is 19.8 Å². The van der Waals surface area contributed by atoms with Crippen molar-refractivity contribution >= 4 is 27.7 Å². The first-order chi connectivity index (χ1) is 4.35. The maximum Gasteiger partial charge on any atom is 0.138 e. The molecule has 0 fully saturated rings. The van der Waals surface area contributed by atoms with Crippen LogP contribution in [0.3, 0.4) is 0 Å². The van der Waals surface area contributed by atoms with E-state index in [-0.39, 0.29) is 0 Å². The van der Waals surface area contributed by atoms with Crippen molar-refractivity contribution in [2.75, 3.05) is 0 Å². The fourth-order valence-electron chi connectivity index (χ4n) is 0.433. The zero-order chi connectivity index (χ0) is 7.11. The second kappa shape index (κ2) is 6.18. The highest BCUT2D eigenvalue weighted by molar-refractivity contribution is 9.11. The Morgan fingerprint density at radius 1 is 1.89 bits per heavy atom. The minimum atomic E-state index is 0.990. The summed E-state index contributed by atoms with van der Waals surface area (Å²) in [5.74, 6) is 0. The number of thioether (sulfide) groups is 1. The summed E-state index contributed by atoms with van der Waals surface area (Å²) in [6.45, 7) is 2.09. The predicted molar refractivity (Wildman–Crippen MR) is 45.1 cm³/mol. The van der Waals surface area contributed by atoms with E-state index in [4.69, 9.17) is 5.26 Å². The lowest BCUT2D eigenvalue weighted by atomic mass is 10.3. The zero-order valence-corrected chi connectivity index (χ0v) is 7.63. The van der Waals surface area contributed by atoms with Gasteiger partial charge >= 0.3 is 0 Å². The molecule has 1 nitrogen and oxygen atoms in total. The number of allylic oxidation sites excluding steroid dienone is 1. The first-order valence-corrected chi connectivity index (χ1v) is 4.43. The Bertz CT molecular complexity index is 136. The quantitative estimate of drug-likeness (QED) is 0.662. The van der Waals surface area contributed by atoms with Crippen molar-refractivity contribution in [3.63, 3.8) is 0 Å². The number of hydrogen-bond acceptors (Lipinski definition) is 2. The molecule has 0 unspecified atom stereocenters. The topological polar surface area (TPSA) is 23.8 Å². The van der Waals surface area contributed by atoms with Gasteiger partial charge in [0.05, 0.1) is 0 Å². The lowest BCUT2D eigenvalue weighted by Gasteiger charge is -1.93. The Hall–Kier alpha value is 0.0600. The molecule has 0 aliphatic heterocycles. The van der Waals surface area contributed by atoms with Crippen LogP contribution in [0.5, 0.6) is 0 Å². The minimum Gasteiger partial charge on any atom is -0.185 e. The first-order valence-electron chi connectivity index (χ1n) is 2.70. The number of nitrogens with zero attached hydrogens (tertiary/aromatic N) is 1. The predicted octanol–water partition coefficient (Wildman–Crippen LogP) is 3.24. The van der Waals surface area contributed by atoms with E-state index in [2.05, 4.69) is 22.9 Å². The molecule has 0 spiro atoms. The van der Waals surface area contributed by atoms with Crippen LogP contribution in [-0.4, -0.2) is 0 Å². The van der Waals surface area contributed by atoms with Gasteiger partial charge in [-0.05, 0) is 23.2 Å². The van der Waals surface area contributed by atoms with Gasteiger partial charge in [-0.25, -0.2) is 0 Å². The summed E-state index contributed by atoms with van der Waals surface area (Å²) < 4.78 is 0. The third-order valence-electron chi connectivity index (χ3n) is 0.795. The summed E-state index contributed by atoms with van der Waals surface area (Å²) in [6, 6.07) is 0. The summed E-state index contributed by atoms with van der Waals surface area (Å²) in [5.41, 5.74) is 0. The molecule has 0 aromatic heterocycles. The molecule has 3 heteroatoms. The van der Waals surface area contributed by atoms with E-state index in [1.807, 2.05) is 10.4 Å². The summed E-state index contributed by atoms with van der Waals surface area (Å²) in [4.78, 5) is 2.91. The van der Waals surface area contributed by atoms with Gasteiger partial charge < -0.3 is 0 Å². The standard InChI is InChI=1S/C6H8BrNS/c1-2-3-6(4-7)9-5-8/h4H,2-3H2,1H3. The van der Waals surface area contributed by atoms with Gasteiger partial charge in [-0.15, -0.1) is 0 Å². The van der Waals surface area contributed by atoms with E-state index in [1.165, 1.54) is 11.8 Å². The van der Waals surface area contributed by atoms with Gasteiger partial charge in [-0.3, -0.25) is 0 Å². The average Bonchev–Trinajstić information content (AvgIpc) is 1.88. The molecule has 0 bridgehead atoms. The van der Waals surface area contributed by atoms with Gasteiger partial charge in [0.2, 0.25) is 0 Å². The molecular formula is C6H8BrNS. The second-order valence-electron chi connectivity index (χ2n) is 1.52. The average molecular weight is 206 g/mol. The fourth-order valence-corrected chi connectivity index (χ4v) is 1.41. The molecule has 0 aromatic rings. The van der Waals surface area contributed by atoms with Crippen LogP contribution in [0.15, 0.2) is 9.89 Å². The normalized spacial score (nSPS) is 11.0. The molecule has 0 aliphatic rings. The van der Waals surface area contributed by atoms with Crippen LogP contribution in [0.25, 0.3) is 0 Å². The molecule has 0 N–H and O–H groups in total. The van der Waals surface area contributed by atoms with Crippen molar-refractivity contribution < 1.29 is 0 Å². The number of halogens is 1. The van der Waals surface area contributed by atoms with E-state index < -0.39 is 0 Å². The van der Waals surface area contributed by atoms with Gasteiger partial charge in [0.1, 0.15) is 5.40 Å². The lowest BCUT2D eigenvalue weighted by Crippen LogP contribution is -1.70. The molecule has 0 heterocycles. The van der Waals surface area contributed by atoms with Crippen molar-refractivity contribution in [1.82, 2.24) is 0 Å². The summed E-state index contributed by atoms with van der Waals surface area (Å²) in [7, 11) is 0. The highest BCUT2D eigenvalue weighted by Crippen LogP contribution is 2.20. The molecule has 0 saturated carbocycles. The SMILES string of the molecule is CCCC(=CBr)SC#N. The highest BCUT2D eigenvalue weighted by Gasteiger charge is 1.92. The van der Waals surface area contributed by atoms with Crippen LogP contribution in [0, 0.1) is 10.7 Å². The molecular weight excluding hydrogens is 198 g/mol. The van der Waals surface area contributed by atoms with E-state index in [0.29, 0.717) is 0 Å². The lowest BCUT2D eigenvalue weighted by molar-refractivity contribution is 0.950. The Morgan fingerprint density at radius 2 is 2.56 bits per heavy atom. The van der Waals surface area contributed by atoms with Crippen LogP contribution < -0.4 is 0 Å². The minimum absolute atomic E-state index is 0.990. The Kier molecular flexibility index (Phi) is 6.23. The van der Waals surface area contributed by atoms with Gasteiger partial charge in [0, 0.05) is 4.91 Å². The van der Waals surface area contributed by atoms with E-state index in [0.717, 1.165) is 17.7 Å². The maximum absolute atomic E-state index is 8.25. The fraction of sp³-hybridized carbons (Fsp3) is 0.500. The van der Waals surface area contributed by atoms with Crippen LogP contribution in [-0.2, 0) is 0 Å². The summed E-state index contributed by atoms with van der Waals surface area (Å²) in [6.07, 6.45) is 2.08. The van der Waals surface area contributed by atoms with Crippen LogP contribution in [0.4, 0.5) is 0 Å². The van der Waals surface area contributed by atoms with Gasteiger partial charge in [0.25, 0.3) is 0 Å². The Labute approximate surface area is 68.3 Å². The molecule has 0 amide bonds. The number of nitriles is 1. The molecule has 0 rings (SSSR count). The van der Waals surface area contributed by atoms with Crippen LogP contribution in [0.2, 0.25) is 0 Å². The van der Waals surface area contributed by atoms with Gasteiger partial charge in [0.15, 0.2) is 0 Å². The summed E-state index contributed by atoms with van der Waals surface area (Å²) >= 11 is 4.40. The Balaban J connectivity index is 3.59. The number of hydrogen-bond donors (Lipinski definition) is 0. The molecule has 50 valence electrons. The Morgan fingerprint density at radius 3 is 2.89 bits per heavy atom. The monoisotopic (exact) mass is 205 g/mol. The van der Waals surface area contributed by atoms with Crippen molar-refractivity contribution in [3.8, 4) is 5.40 Å².